The monoisotopic (exact) mass is 297 g/mol. The Kier molecular flexibility index (Phi) is 4.27. The molecule has 2 aromatic heterocycles. The molecular weight excluding hydrogens is 278 g/mol. The van der Waals surface area contributed by atoms with Gasteiger partial charge in [0.15, 0.2) is 0 Å². The second-order valence-corrected chi connectivity index (χ2v) is 6.16. The molecular formula is C17H19N3S. The van der Waals surface area contributed by atoms with Crippen molar-refractivity contribution in [1.29, 1.82) is 0 Å². The highest BCUT2D eigenvalue weighted by Crippen LogP contribution is 2.28. The minimum atomic E-state index is 0.105. The van der Waals surface area contributed by atoms with Crippen LogP contribution in [0.1, 0.15) is 35.7 Å². The number of thiazole rings is 1. The summed E-state index contributed by atoms with van der Waals surface area (Å²) in [6, 6.07) is 10.5. The van der Waals surface area contributed by atoms with Gasteiger partial charge >= 0.3 is 0 Å². The number of hydrogen-bond acceptors (Lipinski definition) is 4. The summed E-state index contributed by atoms with van der Waals surface area (Å²) < 4.78 is 0. The zero-order valence-corrected chi connectivity index (χ0v) is 13.2. The van der Waals surface area contributed by atoms with E-state index in [1.807, 2.05) is 19.2 Å². The zero-order chi connectivity index (χ0) is 14.7. The van der Waals surface area contributed by atoms with Gasteiger partial charge in [-0.05, 0) is 26.0 Å². The van der Waals surface area contributed by atoms with Gasteiger partial charge in [-0.1, -0.05) is 31.2 Å². The lowest BCUT2D eigenvalue weighted by Gasteiger charge is -2.18. The minimum absolute atomic E-state index is 0.105. The summed E-state index contributed by atoms with van der Waals surface area (Å²) in [5, 5.41) is 8.03. The van der Waals surface area contributed by atoms with Crippen molar-refractivity contribution in [1.82, 2.24) is 15.3 Å². The van der Waals surface area contributed by atoms with Crippen LogP contribution in [0, 0.1) is 6.92 Å². The topological polar surface area (TPSA) is 37.8 Å². The van der Waals surface area contributed by atoms with Crippen LogP contribution < -0.4 is 5.32 Å². The Hall–Kier alpha value is -1.78. The highest BCUT2D eigenvalue weighted by Gasteiger charge is 2.18. The molecule has 0 aliphatic heterocycles. The van der Waals surface area contributed by atoms with Crippen molar-refractivity contribution in [2.75, 3.05) is 6.54 Å². The molecule has 21 heavy (non-hydrogen) atoms. The van der Waals surface area contributed by atoms with Gasteiger partial charge in [-0.25, -0.2) is 4.98 Å². The average Bonchev–Trinajstić information content (AvgIpc) is 2.94. The third-order valence-electron chi connectivity index (χ3n) is 3.51. The fourth-order valence-corrected chi connectivity index (χ4v) is 3.17. The number of nitrogens with one attached hydrogen (secondary N) is 1. The summed E-state index contributed by atoms with van der Waals surface area (Å²) in [5.41, 5.74) is 3.34. The first kappa shape index (κ1) is 14.2. The number of rotatable bonds is 5. The summed E-state index contributed by atoms with van der Waals surface area (Å²) in [7, 11) is 0. The molecule has 0 aliphatic carbocycles. The average molecular weight is 297 g/mol. The first-order valence-corrected chi connectivity index (χ1v) is 8.16. The fraction of sp³-hybridized carbons (Fsp3) is 0.294. The molecule has 1 atom stereocenters. The molecule has 3 aromatic rings. The predicted molar refractivity (Wildman–Crippen MR) is 88.7 cm³/mol. The van der Waals surface area contributed by atoms with E-state index in [0.29, 0.717) is 0 Å². The summed E-state index contributed by atoms with van der Waals surface area (Å²) in [5.74, 6) is 0. The lowest BCUT2D eigenvalue weighted by atomic mass is 10.0. The molecule has 0 radical (unpaired) electrons. The smallest absolute Gasteiger partial charge is 0.0898 e. The number of fused-ring (bicyclic) bond motifs is 1. The van der Waals surface area contributed by atoms with Crippen LogP contribution in [-0.2, 0) is 0 Å². The SMILES string of the molecule is CCCNC(c1csc(C)n1)c1cccc2cccnc12. The van der Waals surface area contributed by atoms with E-state index in [1.54, 1.807) is 11.3 Å². The molecule has 1 N–H and O–H groups in total. The molecule has 3 rings (SSSR count). The molecule has 3 nitrogen and oxygen atoms in total. The Balaban J connectivity index is 2.09. The summed E-state index contributed by atoms with van der Waals surface area (Å²) >= 11 is 1.69. The van der Waals surface area contributed by atoms with E-state index in [0.717, 1.165) is 29.2 Å². The Labute approximate surface area is 129 Å². The molecule has 0 amide bonds. The van der Waals surface area contributed by atoms with Gasteiger partial charge in [0, 0.05) is 22.5 Å². The van der Waals surface area contributed by atoms with Gasteiger partial charge in [-0.3, -0.25) is 4.98 Å². The number of aromatic nitrogens is 2. The molecule has 0 spiro atoms. The van der Waals surface area contributed by atoms with Crippen LogP contribution in [0.5, 0.6) is 0 Å². The van der Waals surface area contributed by atoms with E-state index in [1.165, 1.54) is 10.9 Å². The molecule has 1 unspecified atom stereocenters. The zero-order valence-electron chi connectivity index (χ0n) is 12.3. The van der Waals surface area contributed by atoms with E-state index < -0.39 is 0 Å². The Morgan fingerprint density at radius 3 is 2.86 bits per heavy atom. The molecule has 2 heterocycles. The molecule has 0 aliphatic rings. The second-order valence-electron chi connectivity index (χ2n) is 5.10. The summed E-state index contributed by atoms with van der Waals surface area (Å²) in [6.45, 7) is 5.19. The molecule has 0 saturated heterocycles. The highest BCUT2D eigenvalue weighted by molar-refractivity contribution is 7.09. The van der Waals surface area contributed by atoms with Crippen molar-refractivity contribution in [3.63, 3.8) is 0 Å². The minimum Gasteiger partial charge on any atom is -0.305 e. The van der Waals surface area contributed by atoms with Crippen LogP contribution in [-0.4, -0.2) is 16.5 Å². The highest BCUT2D eigenvalue weighted by atomic mass is 32.1. The maximum atomic E-state index is 4.68. The van der Waals surface area contributed by atoms with Gasteiger partial charge in [0.1, 0.15) is 0 Å². The molecule has 0 fully saturated rings. The van der Waals surface area contributed by atoms with Gasteiger partial charge in [0.25, 0.3) is 0 Å². The lowest BCUT2D eigenvalue weighted by molar-refractivity contribution is 0.590. The largest absolute Gasteiger partial charge is 0.305 e. The molecule has 1 aromatic carbocycles. The first-order chi connectivity index (χ1) is 10.3. The van der Waals surface area contributed by atoms with Crippen molar-refractivity contribution < 1.29 is 0 Å². The van der Waals surface area contributed by atoms with Gasteiger partial charge in [0.05, 0.1) is 22.3 Å². The van der Waals surface area contributed by atoms with Crippen molar-refractivity contribution in [2.45, 2.75) is 26.3 Å². The standard InChI is InChI=1S/C17H19N3S/c1-3-9-18-17(15-11-21-12(2)20-15)14-8-4-6-13-7-5-10-19-16(13)14/h4-8,10-11,17-18H,3,9H2,1-2H3. The van der Waals surface area contributed by atoms with E-state index in [4.69, 9.17) is 0 Å². The third-order valence-corrected chi connectivity index (χ3v) is 4.30. The molecule has 0 bridgehead atoms. The van der Waals surface area contributed by atoms with Crippen LogP contribution in [0.4, 0.5) is 0 Å². The quantitative estimate of drug-likeness (QED) is 0.771. The maximum absolute atomic E-state index is 4.68. The lowest BCUT2D eigenvalue weighted by Crippen LogP contribution is -2.24. The van der Waals surface area contributed by atoms with Gasteiger partial charge in [-0.15, -0.1) is 11.3 Å². The Morgan fingerprint density at radius 2 is 2.10 bits per heavy atom. The fourth-order valence-electron chi connectivity index (χ4n) is 2.54. The van der Waals surface area contributed by atoms with E-state index in [2.05, 4.69) is 51.9 Å². The molecule has 0 saturated carbocycles. The van der Waals surface area contributed by atoms with Gasteiger partial charge in [-0.2, -0.15) is 0 Å². The van der Waals surface area contributed by atoms with E-state index >= 15 is 0 Å². The number of pyridine rings is 1. The van der Waals surface area contributed by atoms with Crippen molar-refractivity contribution in [2.24, 2.45) is 0 Å². The number of aryl methyl sites for hydroxylation is 1. The van der Waals surface area contributed by atoms with Crippen molar-refractivity contribution in [3.8, 4) is 0 Å². The van der Waals surface area contributed by atoms with E-state index in [9.17, 15) is 0 Å². The second kappa shape index (κ2) is 6.33. The van der Waals surface area contributed by atoms with Crippen molar-refractivity contribution >= 4 is 22.2 Å². The van der Waals surface area contributed by atoms with Gasteiger partial charge in [0.2, 0.25) is 0 Å². The molecule has 4 heteroatoms. The summed E-state index contributed by atoms with van der Waals surface area (Å²) in [6.07, 6.45) is 2.95. The Bertz CT molecular complexity index is 730. The molecule has 108 valence electrons. The van der Waals surface area contributed by atoms with E-state index in [-0.39, 0.29) is 6.04 Å². The Morgan fingerprint density at radius 1 is 1.24 bits per heavy atom. The predicted octanol–water partition coefficient (Wildman–Crippen LogP) is 4.09. The van der Waals surface area contributed by atoms with Crippen LogP contribution in [0.15, 0.2) is 41.9 Å². The number of para-hydroxylation sites is 1. The van der Waals surface area contributed by atoms with Crippen LogP contribution >= 0.6 is 11.3 Å². The number of nitrogens with zero attached hydrogens (tertiary/aromatic N) is 2. The van der Waals surface area contributed by atoms with Gasteiger partial charge < -0.3 is 5.32 Å². The third kappa shape index (κ3) is 2.96. The van der Waals surface area contributed by atoms with Crippen molar-refractivity contribution in [3.05, 3.63) is 58.2 Å². The summed E-state index contributed by atoms with van der Waals surface area (Å²) in [4.78, 5) is 9.25. The van der Waals surface area contributed by atoms with Crippen LogP contribution in [0.25, 0.3) is 10.9 Å². The van der Waals surface area contributed by atoms with Crippen LogP contribution in [0.3, 0.4) is 0 Å². The van der Waals surface area contributed by atoms with Crippen LogP contribution in [0.2, 0.25) is 0 Å². The number of benzene rings is 1. The maximum Gasteiger partial charge on any atom is 0.0898 e. The number of hydrogen-bond donors (Lipinski definition) is 1. The normalized spacial score (nSPS) is 12.7. The first-order valence-electron chi connectivity index (χ1n) is 7.28.